The molecule has 2 saturated heterocycles. The maximum Gasteiger partial charge on any atom is 0.416 e. The van der Waals surface area contributed by atoms with Gasteiger partial charge in [0.05, 0.1) is 21.3 Å². The number of alkyl halides is 3. The summed E-state index contributed by atoms with van der Waals surface area (Å²) in [6.07, 6.45) is -2.70. The second-order valence-electron chi connectivity index (χ2n) is 10.2. The van der Waals surface area contributed by atoms with Crippen LogP contribution in [-0.2, 0) is 6.18 Å². The third-order valence-corrected chi connectivity index (χ3v) is 8.05. The van der Waals surface area contributed by atoms with Crippen molar-refractivity contribution in [1.29, 1.82) is 0 Å². The Morgan fingerprint density at radius 1 is 0.628 bits per heavy atom. The molecule has 224 valence electrons. The first-order valence-corrected chi connectivity index (χ1v) is 14.6. The van der Waals surface area contributed by atoms with Gasteiger partial charge in [0, 0.05) is 64.2 Å². The van der Waals surface area contributed by atoms with Crippen molar-refractivity contribution in [2.24, 2.45) is 0 Å². The molecule has 4 aromatic rings. The van der Waals surface area contributed by atoms with Crippen LogP contribution in [0.15, 0.2) is 66.9 Å². The summed E-state index contributed by atoms with van der Waals surface area (Å²) >= 11 is 12.8. The Morgan fingerprint density at radius 2 is 1.19 bits per heavy atom. The normalized spacial score (nSPS) is 16.0. The van der Waals surface area contributed by atoms with Gasteiger partial charge in [0.2, 0.25) is 17.8 Å². The molecule has 4 heterocycles. The molecule has 1 N–H and O–H groups in total. The van der Waals surface area contributed by atoms with Gasteiger partial charge < -0.3 is 24.9 Å². The zero-order valence-corrected chi connectivity index (χ0v) is 24.5. The monoisotopic (exact) mass is 629 g/mol. The van der Waals surface area contributed by atoms with Crippen molar-refractivity contribution in [3.8, 4) is 0 Å². The Labute approximate surface area is 256 Å². The summed E-state index contributed by atoms with van der Waals surface area (Å²) in [6.45, 7) is 5.31. The first-order chi connectivity index (χ1) is 20.7. The smallest absolute Gasteiger partial charge is 0.367 e. The lowest BCUT2D eigenvalue weighted by molar-refractivity contribution is -0.137. The summed E-state index contributed by atoms with van der Waals surface area (Å²) in [5.74, 6) is 1.97. The minimum atomic E-state index is -4.42. The number of piperazine rings is 2. The van der Waals surface area contributed by atoms with E-state index in [0.29, 0.717) is 66.9 Å². The van der Waals surface area contributed by atoms with Crippen LogP contribution in [0, 0.1) is 0 Å². The summed E-state index contributed by atoms with van der Waals surface area (Å²) in [5, 5.41) is 4.37. The summed E-state index contributed by atoms with van der Waals surface area (Å²) < 4.78 is 39.3. The van der Waals surface area contributed by atoms with Gasteiger partial charge >= 0.3 is 6.18 Å². The van der Waals surface area contributed by atoms with E-state index in [1.165, 1.54) is 12.1 Å². The molecule has 2 fully saturated rings. The maximum atomic E-state index is 13.1. The van der Waals surface area contributed by atoms with Gasteiger partial charge in [0.25, 0.3) is 0 Å². The van der Waals surface area contributed by atoms with E-state index in [9.17, 15) is 13.2 Å². The number of nitrogens with zero attached hydrogens (tertiary/aromatic N) is 8. The molecule has 0 saturated carbocycles. The minimum absolute atomic E-state index is 0.253. The lowest BCUT2D eigenvalue weighted by Crippen LogP contribution is -2.48. The number of hydrogen-bond acceptors (Lipinski definition) is 9. The first-order valence-electron chi connectivity index (χ1n) is 13.8. The van der Waals surface area contributed by atoms with Crippen molar-refractivity contribution < 1.29 is 13.2 Å². The highest BCUT2D eigenvalue weighted by Gasteiger charge is 2.30. The molecule has 6 rings (SSSR count). The highest BCUT2D eigenvalue weighted by atomic mass is 35.5. The number of hydrogen-bond donors (Lipinski definition) is 1. The molecule has 0 atom stereocenters. The molecular formula is C29H28Cl2F3N9. The largest absolute Gasteiger partial charge is 0.416 e. The number of nitrogens with one attached hydrogen (secondary N) is 1. The average molecular weight is 631 g/mol. The van der Waals surface area contributed by atoms with E-state index in [-0.39, 0.29) is 5.95 Å². The molecule has 0 aliphatic carbocycles. The molecule has 2 aromatic carbocycles. The average Bonchev–Trinajstić information content (AvgIpc) is 3.01. The number of para-hydroxylation sites is 1. The van der Waals surface area contributed by atoms with E-state index in [0.717, 1.165) is 36.7 Å². The molecule has 14 heteroatoms. The molecule has 2 aromatic heterocycles. The van der Waals surface area contributed by atoms with E-state index in [2.05, 4.69) is 39.9 Å². The van der Waals surface area contributed by atoms with Crippen LogP contribution < -0.4 is 24.9 Å². The van der Waals surface area contributed by atoms with Crippen molar-refractivity contribution in [2.45, 2.75) is 6.18 Å². The van der Waals surface area contributed by atoms with Crippen molar-refractivity contribution in [3.05, 3.63) is 82.5 Å². The maximum absolute atomic E-state index is 13.1. The quantitative estimate of drug-likeness (QED) is 0.277. The number of benzene rings is 2. The molecular weight excluding hydrogens is 602 g/mol. The first kappa shape index (κ1) is 29.1. The van der Waals surface area contributed by atoms with Crippen LogP contribution in [0.1, 0.15) is 5.56 Å². The van der Waals surface area contributed by atoms with E-state index >= 15 is 0 Å². The zero-order chi connectivity index (χ0) is 30.0. The molecule has 0 bridgehead atoms. The van der Waals surface area contributed by atoms with Gasteiger partial charge in [-0.3, -0.25) is 0 Å². The lowest BCUT2D eigenvalue weighted by Gasteiger charge is -2.38. The van der Waals surface area contributed by atoms with Gasteiger partial charge in [0.1, 0.15) is 5.82 Å². The van der Waals surface area contributed by atoms with E-state index in [4.69, 9.17) is 28.2 Å². The third-order valence-electron chi connectivity index (χ3n) is 7.44. The van der Waals surface area contributed by atoms with Crippen LogP contribution in [0.4, 0.5) is 48.2 Å². The predicted octanol–water partition coefficient (Wildman–Crippen LogP) is 5.99. The fourth-order valence-electron chi connectivity index (χ4n) is 5.15. The van der Waals surface area contributed by atoms with Gasteiger partial charge in [-0.15, -0.1) is 0 Å². The van der Waals surface area contributed by atoms with Gasteiger partial charge in [-0.2, -0.15) is 28.1 Å². The van der Waals surface area contributed by atoms with Gasteiger partial charge in [0.15, 0.2) is 0 Å². The Morgan fingerprint density at radius 3 is 1.77 bits per heavy atom. The Balaban J connectivity index is 1.23. The number of pyridine rings is 1. The van der Waals surface area contributed by atoms with Crippen LogP contribution in [0.5, 0.6) is 0 Å². The second-order valence-corrected chi connectivity index (χ2v) is 11.0. The van der Waals surface area contributed by atoms with Crippen LogP contribution in [0.3, 0.4) is 0 Å². The fourth-order valence-corrected chi connectivity index (χ4v) is 5.64. The van der Waals surface area contributed by atoms with Gasteiger partial charge in [-0.05, 0) is 48.5 Å². The van der Waals surface area contributed by atoms with Crippen LogP contribution in [0.2, 0.25) is 10.0 Å². The number of anilines is 6. The molecule has 43 heavy (non-hydrogen) atoms. The lowest BCUT2D eigenvalue weighted by atomic mass is 10.2. The van der Waals surface area contributed by atoms with Crippen molar-refractivity contribution in [3.63, 3.8) is 0 Å². The molecule has 0 unspecified atom stereocenters. The standard InChI is InChI=1S/C29H28Cl2F3N9/c30-22-4-1-2-6-24(22)40-12-16-42(17-13-40)27-37-26(36-21-9-7-20(8-10-21)29(32,33)34)38-28(39-27)43-18-14-41(15-19-43)25-23(31)5-3-11-35-25/h1-11H,12-19H2,(H,36,37,38,39). The van der Waals surface area contributed by atoms with E-state index < -0.39 is 11.7 Å². The Kier molecular flexibility index (Phi) is 8.31. The summed E-state index contributed by atoms with van der Waals surface area (Å²) in [5.41, 5.74) is 0.697. The van der Waals surface area contributed by atoms with Crippen LogP contribution in [0.25, 0.3) is 0 Å². The molecule has 2 aliphatic rings. The zero-order valence-electron chi connectivity index (χ0n) is 23.0. The molecule has 0 amide bonds. The summed E-state index contributed by atoms with van der Waals surface area (Å²) in [6, 6.07) is 16.2. The van der Waals surface area contributed by atoms with Gasteiger partial charge in [-0.1, -0.05) is 35.3 Å². The molecule has 2 aliphatic heterocycles. The van der Waals surface area contributed by atoms with Gasteiger partial charge in [-0.25, -0.2) is 4.98 Å². The van der Waals surface area contributed by atoms with Crippen LogP contribution in [-0.4, -0.2) is 72.3 Å². The van der Waals surface area contributed by atoms with Crippen molar-refractivity contribution in [1.82, 2.24) is 19.9 Å². The summed E-state index contributed by atoms with van der Waals surface area (Å²) in [4.78, 5) is 27.1. The van der Waals surface area contributed by atoms with E-state index in [1.54, 1.807) is 12.3 Å². The van der Waals surface area contributed by atoms with Crippen molar-refractivity contribution >= 4 is 58.2 Å². The number of aromatic nitrogens is 4. The fraction of sp³-hybridized carbons (Fsp3) is 0.310. The highest BCUT2D eigenvalue weighted by molar-refractivity contribution is 6.33. The number of rotatable bonds is 6. The Hall–Kier alpha value is -4.03. The second kappa shape index (κ2) is 12.3. The minimum Gasteiger partial charge on any atom is -0.367 e. The van der Waals surface area contributed by atoms with E-state index in [1.807, 2.05) is 30.3 Å². The molecule has 9 nitrogen and oxygen atoms in total. The summed E-state index contributed by atoms with van der Waals surface area (Å²) in [7, 11) is 0. The Bertz CT molecular complexity index is 1470. The molecule has 0 spiro atoms. The predicted molar refractivity (Wildman–Crippen MR) is 164 cm³/mol. The highest BCUT2D eigenvalue weighted by Crippen LogP contribution is 2.31. The molecule has 0 radical (unpaired) electrons. The van der Waals surface area contributed by atoms with Crippen molar-refractivity contribution in [2.75, 3.05) is 77.3 Å². The third kappa shape index (κ3) is 6.65. The number of halogens is 5. The topological polar surface area (TPSA) is 76.6 Å². The SMILES string of the molecule is FC(F)(F)c1ccc(Nc2nc(N3CCN(c4ccccc4Cl)CC3)nc(N3CCN(c4ncccc4Cl)CC3)n2)cc1. The van der Waals surface area contributed by atoms with Crippen LogP contribution >= 0.6 is 23.2 Å².